The number of amides is 2. The molecule has 0 spiro atoms. The van der Waals surface area contributed by atoms with Gasteiger partial charge in [-0.25, -0.2) is 4.79 Å². The van der Waals surface area contributed by atoms with E-state index in [1.807, 2.05) is 11.0 Å². The van der Waals surface area contributed by atoms with Crippen LogP contribution in [-0.2, 0) is 13.0 Å². The van der Waals surface area contributed by atoms with Crippen molar-refractivity contribution in [2.24, 2.45) is 0 Å². The lowest BCUT2D eigenvalue weighted by molar-refractivity contribution is 0.204. The molecule has 3 heterocycles. The van der Waals surface area contributed by atoms with Crippen molar-refractivity contribution in [1.29, 1.82) is 0 Å². The summed E-state index contributed by atoms with van der Waals surface area (Å²) in [5.74, 6) is 0. The molecule has 2 amide bonds. The van der Waals surface area contributed by atoms with Gasteiger partial charge in [-0.15, -0.1) is 0 Å². The monoisotopic (exact) mass is 618 g/mol. The second kappa shape index (κ2) is 11.8. The number of para-hydroxylation sites is 1. The normalized spacial score (nSPS) is 19.2. The van der Waals surface area contributed by atoms with Crippen molar-refractivity contribution >= 4 is 42.3 Å². The Hall–Kier alpha value is -2.97. The molecule has 6 heteroatoms. The molecule has 6 rings (SSSR count). The van der Waals surface area contributed by atoms with Crippen LogP contribution in [0.2, 0.25) is 0 Å². The minimum atomic E-state index is -0.0606. The van der Waals surface area contributed by atoms with Crippen LogP contribution < -0.4 is 15.1 Å². The summed E-state index contributed by atoms with van der Waals surface area (Å²) >= 11 is -0.0606. The van der Waals surface area contributed by atoms with Crippen LogP contribution >= 0.6 is 20.7 Å². The zero-order valence-electron chi connectivity index (χ0n) is 21.8. The van der Waals surface area contributed by atoms with Crippen LogP contribution in [0.4, 0.5) is 16.2 Å². The number of benzene rings is 3. The van der Waals surface area contributed by atoms with Gasteiger partial charge in [0.15, 0.2) is 0 Å². The molecule has 1 N–H and O–H groups in total. The number of carbonyl (C=O) groups is 1. The highest BCUT2D eigenvalue weighted by molar-refractivity contribution is 14.2. The third-order valence-electron chi connectivity index (χ3n) is 7.71. The molecule has 3 aromatic rings. The zero-order valence-corrected chi connectivity index (χ0v) is 23.9. The van der Waals surface area contributed by atoms with Crippen molar-refractivity contribution in [1.82, 2.24) is 10.2 Å². The van der Waals surface area contributed by atoms with Crippen molar-refractivity contribution in [3.8, 4) is 11.1 Å². The number of hydrogen-bond donors (Lipinski definition) is 1. The van der Waals surface area contributed by atoms with Crippen molar-refractivity contribution in [3.05, 3.63) is 93.6 Å². The van der Waals surface area contributed by atoms with E-state index in [9.17, 15) is 4.79 Å². The summed E-state index contributed by atoms with van der Waals surface area (Å²) in [4.78, 5) is 20.6. The Balaban J connectivity index is 1.33. The number of nitrogens with one attached hydrogen (secondary N) is 1. The third-order valence-corrected chi connectivity index (χ3v) is 9.75. The Morgan fingerprint density at radius 2 is 1.68 bits per heavy atom. The van der Waals surface area contributed by atoms with Gasteiger partial charge >= 0.3 is 6.03 Å². The van der Waals surface area contributed by atoms with E-state index >= 15 is 0 Å². The van der Waals surface area contributed by atoms with Gasteiger partial charge in [0.2, 0.25) is 0 Å². The standard InChI is InChI=1S/C32H35IN4O/c38-32(37-17-7-12-27-11-4-5-13-31(27)37)36-19-18-35(22-25-8-6-16-34-24-33-21-25)30-15-14-28(20-29(30)23-36)26-9-2-1-3-10-26/h1-5,9-11,13-15,20-21,24,34H,6-8,12,16-19,22-23H2/b25-21+. The van der Waals surface area contributed by atoms with Crippen molar-refractivity contribution in [2.75, 3.05) is 42.5 Å². The molecule has 0 saturated heterocycles. The van der Waals surface area contributed by atoms with Crippen molar-refractivity contribution in [3.63, 3.8) is 0 Å². The number of aryl methyl sites for hydroxylation is 1. The molecule has 0 aliphatic carbocycles. The topological polar surface area (TPSA) is 38.8 Å². The Bertz CT molecular complexity index is 1350. The fourth-order valence-electron chi connectivity index (χ4n) is 5.76. The summed E-state index contributed by atoms with van der Waals surface area (Å²) in [6.45, 7) is 4.99. The van der Waals surface area contributed by atoms with E-state index in [1.165, 1.54) is 34.4 Å². The fourth-order valence-corrected chi connectivity index (χ4v) is 7.52. The Morgan fingerprint density at radius 1 is 0.816 bits per heavy atom. The van der Waals surface area contributed by atoms with E-state index in [1.54, 1.807) is 5.57 Å². The van der Waals surface area contributed by atoms with E-state index in [2.05, 4.69) is 90.1 Å². The number of anilines is 2. The van der Waals surface area contributed by atoms with Crippen LogP contribution in [0.15, 0.2) is 82.5 Å². The number of halogens is 1. The Morgan fingerprint density at radius 3 is 2.61 bits per heavy atom. The molecular formula is C32H35IN4O. The molecule has 38 heavy (non-hydrogen) atoms. The van der Waals surface area contributed by atoms with E-state index in [-0.39, 0.29) is 26.8 Å². The lowest BCUT2D eigenvalue weighted by Crippen LogP contribution is -2.46. The van der Waals surface area contributed by atoms with Gasteiger partial charge in [-0.1, -0.05) is 75.3 Å². The minimum absolute atomic E-state index is 0.0606. The molecule has 0 fully saturated rings. The van der Waals surface area contributed by atoms with Crippen LogP contribution in [0, 0.1) is 0 Å². The predicted octanol–water partition coefficient (Wildman–Crippen LogP) is 6.55. The maximum Gasteiger partial charge on any atom is 0.324 e. The quantitative estimate of drug-likeness (QED) is 0.339. The van der Waals surface area contributed by atoms with Crippen LogP contribution in [0.1, 0.15) is 30.4 Å². The maximum absolute atomic E-state index is 14.0. The van der Waals surface area contributed by atoms with Gasteiger partial charge in [0.1, 0.15) is 0 Å². The first-order chi connectivity index (χ1) is 18.8. The summed E-state index contributed by atoms with van der Waals surface area (Å²) in [6.07, 6.45) is 4.36. The summed E-state index contributed by atoms with van der Waals surface area (Å²) in [7, 11) is 0. The van der Waals surface area contributed by atoms with Gasteiger partial charge < -0.3 is 9.80 Å². The molecule has 0 unspecified atom stereocenters. The van der Waals surface area contributed by atoms with E-state index in [4.69, 9.17) is 0 Å². The maximum atomic E-state index is 14.0. The third kappa shape index (κ3) is 5.57. The molecule has 3 aliphatic heterocycles. The highest BCUT2D eigenvalue weighted by Crippen LogP contribution is 2.33. The SMILES string of the molecule is O=C(N1CCN(C/C2=C/I=CNCCC2)c2ccc(-c3ccccc3)cc2C1)N1CCCc2ccccc21. The number of urea groups is 1. The summed E-state index contributed by atoms with van der Waals surface area (Å²) < 4.78 is 4.76. The number of nitrogens with zero attached hydrogens (tertiary/aromatic N) is 3. The first kappa shape index (κ1) is 25.3. The van der Waals surface area contributed by atoms with Crippen LogP contribution in [0.5, 0.6) is 0 Å². The second-order valence-corrected chi connectivity index (χ2v) is 12.2. The Labute approximate surface area is 235 Å². The van der Waals surface area contributed by atoms with Crippen LogP contribution in [0.25, 0.3) is 11.1 Å². The number of fused-ring (bicyclic) bond motifs is 2. The van der Waals surface area contributed by atoms with Crippen LogP contribution in [0.3, 0.4) is 0 Å². The van der Waals surface area contributed by atoms with E-state index in [0.29, 0.717) is 6.54 Å². The van der Waals surface area contributed by atoms with Gasteiger partial charge in [-0.2, -0.15) is 0 Å². The van der Waals surface area contributed by atoms with Crippen molar-refractivity contribution in [2.45, 2.75) is 32.2 Å². The molecule has 196 valence electrons. The lowest BCUT2D eigenvalue weighted by Gasteiger charge is -2.34. The van der Waals surface area contributed by atoms with Gasteiger partial charge in [-0.3, -0.25) is 10.2 Å². The highest BCUT2D eigenvalue weighted by atomic mass is 127. The zero-order chi connectivity index (χ0) is 25.7. The molecular weight excluding hydrogens is 583 g/mol. The molecule has 3 aliphatic rings. The second-order valence-electron chi connectivity index (χ2n) is 10.3. The van der Waals surface area contributed by atoms with Gasteiger partial charge in [0.25, 0.3) is 0 Å². The lowest BCUT2D eigenvalue weighted by atomic mass is 10.0. The number of hydrogen-bond acceptors (Lipinski definition) is 3. The molecule has 0 bridgehead atoms. The predicted molar refractivity (Wildman–Crippen MR) is 167 cm³/mol. The van der Waals surface area contributed by atoms with E-state index < -0.39 is 0 Å². The van der Waals surface area contributed by atoms with Gasteiger partial charge in [-0.05, 0) is 75.8 Å². The fraction of sp³-hybridized carbons (Fsp3) is 0.312. The molecule has 0 saturated carbocycles. The van der Waals surface area contributed by atoms with Gasteiger partial charge in [0.05, 0.1) is 0 Å². The van der Waals surface area contributed by atoms with Gasteiger partial charge in [0, 0.05) is 54.8 Å². The van der Waals surface area contributed by atoms with E-state index in [0.717, 1.165) is 57.7 Å². The average molecular weight is 619 g/mol. The smallest absolute Gasteiger partial charge is 0.324 e. The highest BCUT2D eigenvalue weighted by Gasteiger charge is 2.30. The Kier molecular flexibility index (Phi) is 7.88. The number of carbonyl (C=O) groups excluding carboxylic acids is 1. The molecule has 3 aromatic carbocycles. The summed E-state index contributed by atoms with van der Waals surface area (Å²) in [5.41, 5.74) is 8.82. The van der Waals surface area contributed by atoms with Crippen LogP contribution in [-0.4, -0.2) is 47.8 Å². The van der Waals surface area contributed by atoms with Crippen molar-refractivity contribution < 1.29 is 4.79 Å². The first-order valence-corrected chi connectivity index (χ1v) is 16.2. The largest absolute Gasteiger partial charge is 0.365 e. The molecule has 0 radical (unpaired) electrons. The summed E-state index contributed by atoms with van der Waals surface area (Å²) in [6, 6.07) is 25.9. The number of rotatable bonds is 3. The minimum Gasteiger partial charge on any atom is -0.365 e. The molecule has 5 nitrogen and oxygen atoms in total. The molecule has 0 aromatic heterocycles. The first-order valence-electron chi connectivity index (χ1n) is 13.7. The summed E-state index contributed by atoms with van der Waals surface area (Å²) in [5, 5.41) is 3.43. The average Bonchev–Trinajstić information content (AvgIpc) is 3.13. The molecule has 0 atom stereocenters.